The molecule has 0 aromatic heterocycles. The van der Waals surface area contributed by atoms with Crippen LogP contribution in [0.3, 0.4) is 0 Å². The average Bonchev–Trinajstić information content (AvgIpc) is 2.91. The Morgan fingerprint density at radius 3 is 2.27 bits per heavy atom. The largest absolute Gasteiger partial charge is 0.467 e. The maximum Gasteiger partial charge on any atom is 0.378 e. The first kappa shape index (κ1) is 31.2. The highest BCUT2D eigenvalue weighted by Gasteiger charge is 2.49. The van der Waals surface area contributed by atoms with E-state index in [2.05, 4.69) is 63.6 Å². The summed E-state index contributed by atoms with van der Waals surface area (Å²) in [6.45, 7) is 11.1. The van der Waals surface area contributed by atoms with E-state index >= 15 is 0 Å². The van der Waals surface area contributed by atoms with Gasteiger partial charge in [0.25, 0.3) is 5.78 Å². The summed E-state index contributed by atoms with van der Waals surface area (Å²) in [5.74, 6) is -3.18. The number of carbonyl (C=O) groups is 3. The van der Waals surface area contributed by atoms with Gasteiger partial charge in [0.2, 0.25) is 5.60 Å². The van der Waals surface area contributed by atoms with Gasteiger partial charge in [-0.05, 0) is 79.1 Å². The van der Waals surface area contributed by atoms with E-state index in [0.29, 0.717) is 5.92 Å². The van der Waals surface area contributed by atoms with Gasteiger partial charge in [0.15, 0.2) is 8.32 Å². The number of carbonyl (C=O) groups excluding carboxylic acids is 3. The Bertz CT molecular complexity index is 936. The highest BCUT2D eigenvalue weighted by atomic mass is 28.4. The van der Waals surface area contributed by atoms with Crippen molar-refractivity contribution in [2.75, 3.05) is 14.2 Å². The molecule has 0 fully saturated rings. The van der Waals surface area contributed by atoms with Gasteiger partial charge in [0.1, 0.15) is 0 Å². The molecule has 0 radical (unpaired) electrons. The lowest BCUT2D eigenvalue weighted by Crippen LogP contribution is -2.52. The second-order valence-electron chi connectivity index (χ2n) is 11.0. The van der Waals surface area contributed by atoms with Gasteiger partial charge in [-0.1, -0.05) is 58.9 Å². The Morgan fingerprint density at radius 1 is 1.08 bits per heavy atom. The van der Waals surface area contributed by atoms with Crippen LogP contribution in [-0.4, -0.2) is 57.1 Å². The van der Waals surface area contributed by atoms with Crippen LogP contribution in [-0.2, 0) is 40.1 Å². The van der Waals surface area contributed by atoms with Crippen LogP contribution in [0.1, 0.15) is 77.8 Å². The predicted octanol–water partition coefficient (Wildman–Crippen LogP) is 5.12. The van der Waals surface area contributed by atoms with E-state index in [4.69, 9.17) is 9.16 Å². The standard InChI is InChI=1S/C29H46O7Si/c1-8-37(9-2,10-3)36-23(16-18-29(33,27(32)35-7)25(30)26(31)34-6)15-17-28(5)20-21(4)19-22-13-11-12-14-24(22)28/h11-14,21,23,33H,8-10,15-20H2,1-7H3/t21?,23?,28?,29-/m1/s1. The van der Waals surface area contributed by atoms with Gasteiger partial charge in [0.05, 0.1) is 14.2 Å². The molecule has 0 spiro atoms. The molecule has 2 rings (SSSR count). The molecule has 0 aliphatic heterocycles. The van der Waals surface area contributed by atoms with E-state index in [0.717, 1.165) is 58.0 Å². The number of methoxy groups -OCH3 is 2. The van der Waals surface area contributed by atoms with E-state index in [-0.39, 0.29) is 24.4 Å². The van der Waals surface area contributed by atoms with E-state index in [1.807, 2.05) is 0 Å². The number of fused-ring (bicyclic) bond motifs is 1. The summed E-state index contributed by atoms with van der Waals surface area (Å²) < 4.78 is 16.1. The van der Waals surface area contributed by atoms with Gasteiger partial charge in [-0.3, -0.25) is 4.79 Å². The zero-order valence-electron chi connectivity index (χ0n) is 23.7. The highest BCUT2D eigenvalue weighted by Crippen LogP contribution is 2.43. The number of Topliss-reactive ketones (excluding diaryl/α,β-unsaturated/α-hetero) is 1. The molecular formula is C29H46O7Si. The smallest absolute Gasteiger partial charge is 0.378 e. The minimum atomic E-state index is -2.60. The topological polar surface area (TPSA) is 99.1 Å². The van der Waals surface area contributed by atoms with E-state index in [1.165, 1.54) is 11.1 Å². The number of esters is 2. The molecule has 1 aromatic carbocycles. The fraction of sp³-hybridized carbons (Fsp3) is 0.690. The lowest BCUT2D eigenvalue weighted by molar-refractivity contribution is -0.176. The summed E-state index contributed by atoms with van der Waals surface area (Å²) in [7, 11) is 0.0810. The number of hydrogen-bond acceptors (Lipinski definition) is 7. The number of ether oxygens (including phenoxy) is 2. The molecular weight excluding hydrogens is 488 g/mol. The number of hydrogen-bond donors (Lipinski definition) is 1. The minimum Gasteiger partial charge on any atom is -0.467 e. The molecule has 208 valence electrons. The molecule has 1 aliphatic carbocycles. The summed E-state index contributed by atoms with van der Waals surface area (Å²) in [5.41, 5.74) is 0.146. The van der Waals surface area contributed by atoms with Crippen molar-refractivity contribution < 1.29 is 33.4 Å². The first-order valence-electron chi connectivity index (χ1n) is 13.6. The molecule has 0 bridgehead atoms. The van der Waals surface area contributed by atoms with Crippen LogP contribution in [0.2, 0.25) is 18.1 Å². The summed E-state index contributed by atoms with van der Waals surface area (Å²) >= 11 is 0. The van der Waals surface area contributed by atoms with Crippen LogP contribution >= 0.6 is 0 Å². The van der Waals surface area contributed by atoms with Crippen molar-refractivity contribution >= 4 is 26.0 Å². The van der Waals surface area contributed by atoms with Gasteiger partial charge in [-0.15, -0.1) is 0 Å². The maximum atomic E-state index is 12.6. The van der Waals surface area contributed by atoms with Crippen molar-refractivity contribution in [1.29, 1.82) is 0 Å². The first-order chi connectivity index (χ1) is 17.4. The fourth-order valence-corrected chi connectivity index (χ4v) is 9.00. The molecule has 1 aromatic rings. The van der Waals surface area contributed by atoms with Crippen LogP contribution in [0.25, 0.3) is 0 Å². The average molecular weight is 535 g/mol. The Balaban J connectivity index is 2.34. The zero-order chi connectivity index (χ0) is 27.9. The molecule has 0 amide bonds. The molecule has 4 atom stereocenters. The SMILES string of the molecule is CC[Si](CC)(CC)OC(CCC1(C)CC(C)Cc2ccccc21)CC[C@](O)(C(=O)OC)C(=O)C(=O)OC. The summed E-state index contributed by atoms with van der Waals surface area (Å²) in [5, 5.41) is 11.0. The lowest BCUT2D eigenvalue weighted by atomic mass is 9.65. The Labute approximate surface area is 223 Å². The van der Waals surface area contributed by atoms with Crippen molar-refractivity contribution in [2.24, 2.45) is 5.92 Å². The number of benzene rings is 1. The molecule has 37 heavy (non-hydrogen) atoms. The summed E-state index contributed by atoms with van der Waals surface area (Å²) in [4.78, 5) is 37.0. The molecule has 7 nitrogen and oxygen atoms in total. The first-order valence-corrected chi connectivity index (χ1v) is 16.2. The van der Waals surface area contributed by atoms with Gasteiger partial charge >= 0.3 is 11.9 Å². The third-order valence-corrected chi connectivity index (χ3v) is 13.2. The fourth-order valence-electron chi connectivity index (χ4n) is 6.05. The van der Waals surface area contributed by atoms with Crippen LogP contribution in [0.4, 0.5) is 0 Å². The van der Waals surface area contributed by atoms with Crippen LogP contribution in [0, 0.1) is 5.92 Å². The number of ketones is 1. The molecule has 0 saturated heterocycles. The monoisotopic (exact) mass is 534 g/mol. The molecule has 1 N–H and O–H groups in total. The highest BCUT2D eigenvalue weighted by molar-refractivity contribution is 6.73. The van der Waals surface area contributed by atoms with Crippen LogP contribution in [0.5, 0.6) is 0 Å². The zero-order valence-corrected chi connectivity index (χ0v) is 24.7. The van der Waals surface area contributed by atoms with Crippen LogP contribution in [0.15, 0.2) is 24.3 Å². The Kier molecular flexibility index (Phi) is 11.1. The Hall–Kier alpha value is -2.03. The van der Waals surface area contributed by atoms with E-state index in [9.17, 15) is 19.5 Å². The minimum absolute atomic E-state index is 0.0226. The van der Waals surface area contributed by atoms with Gasteiger partial charge < -0.3 is 19.0 Å². The molecule has 1 aliphatic rings. The molecule has 8 heteroatoms. The maximum absolute atomic E-state index is 12.6. The molecule has 0 heterocycles. The van der Waals surface area contributed by atoms with Gasteiger partial charge in [-0.2, -0.15) is 0 Å². The summed E-state index contributed by atoms with van der Waals surface area (Å²) in [6, 6.07) is 11.5. The second-order valence-corrected chi connectivity index (χ2v) is 15.7. The molecule has 0 saturated carbocycles. The van der Waals surface area contributed by atoms with Crippen molar-refractivity contribution in [3.05, 3.63) is 35.4 Å². The summed E-state index contributed by atoms with van der Waals surface area (Å²) in [6.07, 6.45) is 3.44. The quantitative estimate of drug-likeness (QED) is 0.153. The van der Waals surface area contributed by atoms with Crippen LogP contribution < -0.4 is 0 Å². The third kappa shape index (κ3) is 7.09. The lowest BCUT2D eigenvalue weighted by Gasteiger charge is -2.41. The van der Waals surface area contributed by atoms with Crippen molar-refractivity contribution in [2.45, 2.75) is 108 Å². The van der Waals surface area contributed by atoms with Crippen molar-refractivity contribution in [3.8, 4) is 0 Å². The third-order valence-electron chi connectivity index (χ3n) is 8.50. The predicted molar refractivity (Wildman–Crippen MR) is 146 cm³/mol. The van der Waals surface area contributed by atoms with E-state index < -0.39 is 31.6 Å². The van der Waals surface area contributed by atoms with Gasteiger partial charge in [0, 0.05) is 6.10 Å². The number of rotatable bonds is 14. The molecule has 3 unspecified atom stereocenters. The van der Waals surface area contributed by atoms with Gasteiger partial charge in [-0.25, -0.2) is 9.59 Å². The van der Waals surface area contributed by atoms with Crippen molar-refractivity contribution in [1.82, 2.24) is 0 Å². The normalized spacial score (nSPS) is 21.9. The van der Waals surface area contributed by atoms with E-state index in [1.54, 1.807) is 0 Å². The number of aliphatic hydroxyl groups is 1. The Morgan fingerprint density at radius 2 is 1.70 bits per heavy atom. The second kappa shape index (κ2) is 13.2. The van der Waals surface area contributed by atoms with Crippen molar-refractivity contribution in [3.63, 3.8) is 0 Å².